The van der Waals surface area contributed by atoms with E-state index in [1.54, 1.807) is 103 Å². The molecule has 0 spiro atoms. The molecule has 6 aromatic carbocycles. The van der Waals surface area contributed by atoms with Gasteiger partial charge < -0.3 is 66.3 Å². The molecule has 88 heavy (non-hydrogen) atoms. The van der Waals surface area contributed by atoms with Crippen molar-refractivity contribution >= 4 is 23.9 Å². The summed E-state index contributed by atoms with van der Waals surface area (Å²) < 4.78 is 90.4. The van der Waals surface area contributed by atoms with Gasteiger partial charge in [-0.3, -0.25) is 4.79 Å². The van der Waals surface area contributed by atoms with Crippen LogP contribution in [0.3, 0.4) is 0 Å². The fourth-order valence-corrected chi connectivity index (χ4v) is 10.4. The van der Waals surface area contributed by atoms with E-state index in [2.05, 4.69) is 20.1 Å². The number of nitrogens with zero attached hydrogens (tertiary/aromatic N) is 6. The molecule has 0 radical (unpaired) electrons. The number of rotatable bonds is 27. The zero-order chi connectivity index (χ0) is 61.6. The van der Waals surface area contributed by atoms with E-state index in [9.17, 15) is 30.2 Å². The van der Waals surface area contributed by atoms with E-state index >= 15 is 0 Å². The third-order valence-corrected chi connectivity index (χ3v) is 14.6. The molecule has 460 valence electrons. The SMILES string of the molecule is COC1OC(COC(=O)c2ccccc2)C(O[C@@H]2O[C@@H](COC(C)=O)[C@@H](OC3OC(COC(=O)c4ccccc4)C(OC)[C@H](OCc4ccccc4)[C@@H]3N=[N+]=[N-])C(OCc3ccccc3)C2OC(=O)c2ccccc2)[C@H](OCc2ccccc2)[C@@H]1N=[N+]=[N-]. The normalized spacial score (nSPS) is 26.6. The average molecular weight is 1210 g/mol. The summed E-state index contributed by atoms with van der Waals surface area (Å²) in [5.74, 6) is -3.03. The van der Waals surface area contributed by atoms with Gasteiger partial charge in [-0.1, -0.05) is 156 Å². The van der Waals surface area contributed by atoms with Crippen LogP contribution < -0.4 is 0 Å². The van der Waals surface area contributed by atoms with E-state index in [1.165, 1.54) is 33.3 Å². The number of hydrogen-bond acceptors (Lipinski definition) is 20. The van der Waals surface area contributed by atoms with E-state index in [-0.39, 0.29) is 36.5 Å². The molecule has 3 heterocycles. The van der Waals surface area contributed by atoms with Crippen LogP contribution in [-0.2, 0) is 90.9 Å². The smallest absolute Gasteiger partial charge is 0.338 e. The van der Waals surface area contributed by atoms with Crippen molar-refractivity contribution in [1.82, 2.24) is 0 Å². The van der Waals surface area contributed by atoms with Gasteiger partial charge in [0.2, 0.25) is 0 Å². The molecule has 3 saturated heterocycles. The molecule has 0 amide bonds. The summed E-state index contributed by atoms with van der Waals surface area (Å²) in [6.07, 6.45) is -18.6. The Morgan fingerprint density at radius 1 is 0.409 bits per heavy atom. The van der Waals surface area contributed by atoms with Gasteiger partial charge in [-0.2, -0.15) is 0 Å². The van der Waals surface area contributed by atoms with Crippen LogP contribution in [0.15, 0.2) is 192 Å². The Morgan fingerprint density at radius 2 is 0.761 bits per heavy atom. The minimum Gasteiger partial charge on any atom is -0.463 e. The van der Waals surface area contributed by atoms with E-state index in [0.29, 0.717) is 11.1 Å². The van der Waals surface area contributed by atoms with Gasteiger partial charge in [0.15, 0.2) is 25.0 Å². The molecule has 0 bridgehead atoms. The van der Waals surface area contributed by atoms with Gasteiger partial charge in [-0.25, -0.2) is 14.4 Å². The van der Waals surface area contributed by atoms with Crippen LogP contribution in [0, 0.1) is 0 Å². The molecule has 3 aliphatic heterocycles. The van der Waals surface area contributed by atoms with Crippen LogP contribution >= 0.6 is 0 Å². The van der Waals surface area contributed by atoms with Crippen LogP contribution in [0.1, 0.15) is 54.7 Å². The van der Waals surface area contributed by atoms with Gasteiger partial charge in [-0.15, -0.1) is 0 Å². The first kappa shape index (κ1) is 63.9. The van der Waals surface area contributed by atoms with Crippen molar-refractivity contribution in [2.45, 2.75) is 119 Å². The molecule has 0 aliphatic carbocycles. The Bertz CT molecular complexity index is 3260. The van der Waals surface area contributed by atoms with Gasteiger partial charge in [0.05, 0.1) is 36.5 Å². The molecule has 0 aromatic heterocycles. The molecule has 24 heteroatoms. The summed E-state index contributed by atoms with van der Waals surface area (Å²) in [4.78, 5) is 61.3. The maximum absolute atomic E-state index is 14.8. The first-order chi connectivity index (χ1) is 43.0. The second-order valence-electron chi connectivity index (χ2n) is 20.4. The molecule has 8 unspecified atom stereocenters. The molecule has 15 atom stereocenters. The van der Waals surface area contributed by atoms with Crippen molar-refractivity contribution in [1.29, 1.82) is 0 Å². The highest BCUT2D eigenvalue weighted by Crippen LogP contribution is 2.39. The number of azide groups is 2. The highest BCUT2D eigenvalue weighted by Gasteiger charge is 2.58. The van der Waals surface area contributed by atoms with E-state index in [4.69, 9.17) is 66.3 Å². The highest BCUT2D eigenvalue weighted by atomic mass is 16.8. The minimum atomic E-state index is -1.80. The molecule has 9 rings (SSSR count). The predicted octanol–water partition coefficient (Wildman–Crippen LogP) is 9.21. The number of benzene rings is 6. The third-order valence-electron chi connectivity index (χ3n) is 14.6. The lowest BCUT2D eigenvalue weighted by Gasteiger charge is -2.50. The molecule has 6 aromatic rings. The topological polar surface area (TPSA) is 295 Å². The number of carbonyl (C=O) groups excluding carboxylic acids is 4. The lowest BCUT2D eigenvalue weighted by Crippen LogP contribution is -2.68. The largest absolute Gasteiger partial charge is 0.463 e. The van der Waals surface area contributed by atoms with Crippen molar-refractivity contribution in [2.24, 2.45) is 10.2 Å². The number of ether oxygens (including phenoxy) is 14. The Labute approximate surface area is 506 Å². The zero-order valence-electron chi connectivity index (χ0n) is 48.3. The minimum absolute atomic E-state index is 0.0218. The fourth-order valence-electron chi connectivity index (χ4n) is 10.4. The molecule has 24 nitrogen and oxygen atoms in total. The van der Waals surface area contributed by atoms with Crippen molar-refractivity contribution in [3.8, 4) is 0 Å². The monoisotopic (exact) mass is 1210 g/mol. The Morgan fingerprint density at radius 3 is 1.19 bits per heavy atom. The van der Waals surface area contributed by atoms with Gasteiger partial charge >= 0.3 is 23.9 Å². The average Bonchev–Trinajstić information content (AvgIpc) is 1.47. The summed E-state index contributed by atoms with van der Waals surface area (Å²) >= 11 is 0. The van der Waals surface area contributed by atoms with Gasteiger partial charge in [-0.05, 0) is 64.2 Å². The van der Waals surface area contributed by atoms with E-state index in [1.807, 2.05) is 66.7 Å². The molecule has 3 fully saturated rings. The number of hydrogen-bond donors (Lipinski definition) is 0. The quantitative estimate of drug-likeness (QED) is 0.0152. The zero-order valence-corrected chi connectivity index (χ0v) is 48.3. The lowest BCUT2D eigenvalue weighted by molar-refractivity contribution is -0.372. The van der Waals surface area contributed by atoms with Crippen molar-refractivity contribution in [3.63, 3.8) is 0 Å². The first-order valence-corrected chi connectivity index (χ1v) is 28.3. The molecular formula is C64H66N6O18. The predicted molar refractivity (Wildman–Crippen MR) is 310 cm³/mol. The number of methoxy groups -OCH3 is 2. The summed E-state index contributed by atoms with van der Waals surface area (Å²) in [7, 11) is 2.73. The van der Waals surface area contributed by atoms with E-state index < -0.39 is 136 Å². The third kappa shape index (κ3) is 16.9. The van der Waals surface area contributed by atoms with Crippen LogP contribution in [0.4, 0.5) is 0 Å². The van der Waals surface area contributed by atoms with Crippen LogP contribution in [0.25, 0.3) is 20.9 Å². The summed E-state index contributed by atoms with van der Waals surface area (Å²) in [5.41, 5.74) is 23.1. The van der Waals surface area contributed by atoms with Gasteiger partial charge in [0.1, 0.15) is 86.8 Å². The van der Waals surface area contributed by atoms with Crippen LogP contribution in [-0.4, -0.2) is 150 Å². The Balaban J connectivity index is 1.16. The standard InChI is InChI=1S/C64H66N6O18/c1-40(71)77-37-48-54(87-63-51(68-70-66)55(78-34-41-22-10-4-11-23-41)52(75-2)47(84-63)38-81-59(72)44-28-16-7-17-29-44)57(80-36-43-26-14-6-15-27-43)58(86-61(74)46-32-20-9-21-33-46)64(85-48)88-53-49(39-82-60(73)45-30-18-8-19-31-45)83-62(76-3)50(67-69-65)56(53)79-35-42-24-12-5-13-25-42/h4-33,47-58,62-64H,34-39H2,1-3H3/t47?,48-,49?,50-,51-,52?,53?,54+,55+,56+,57?,58?,62?,63?,64-/m0/s1. The molecule has 3 aliphatic rings. The highest BCUT2D eigenvalue weighted by molar-refractivity contribution is 5.90. The van der Waals surface area contributed by atoms with E-state index in [0.717, 1.165) is 5.56 Å². The maximum atomic E-state index is 14.8. The maximum Gasteiger partial charge on any atom is 0.338 e. The Hall–Kier alpha value is -8.58. The summed E-state index contributed by atoms with van der Waals surface area (Å²) in [6.45, 7) is -0.636. The molecule has 0 N–H and O–H groups in total. The second-order valence-corrected chi connectivity index (χ2v) is 20.4. The van der Waals surface area contributed by atoms with Crippen molar-refractivity contribution in [2.75, 3.05) is 34.0 Å². The lowest BCUT2D eigenvalue weighted by atomic mass is 9.94. The van der Waals surface area contributed by atoms with Crippen molar-refractivity contribution < 1.29 is 85.5 Å². The Kier molecular flexibility index (Phi) is 23.5. The second kappa shape index (κ2) is 32.4. The molecule has 0 saturated carbocycles. The van der Waals surface area contributed by atoms with Gasteiger partial charge in [0.25, 0.3) is 0 Å². The van der Waals surface area contributed by atoms with Crippen LogP contribution in [0.5, 0.6) is 0 Å². The first-order valence-electron chi connectivity index (χ1n) is 28.3. The number of esters is 4. The summed E-state index contributed by atoms with van der Waals surface area (Å²) in [6, 6.07) is 49.1. The van der Waals surface area contributed by atoms with Crippen molar-refractivity contribution in [3.05, 3.63) is 236 Å². The molecular weight excluding hydrogens is 1140 g/mol. The summed E-state index contributed by atoms with van der Waals surface area (Å²) in [5, 5.41) is 8.27. The van der Waals surface area contributed by atoms with Crippen LogP contribution in [0.2, 0.25) is 0 Å². The van der Waals surface area contributed by atoms with Gasteiger partial charge in [0, 0.05) is 31.0 Å². The number of carbonyl (C=O) groups is 4. The fraction of sp³-hybridized carbons (Fsp3) is 0.375.